The van der Waals surface area contributed by atoms with Crippen LogP contribution in [0.3, 0.4) is 0 Å². The van der Waals surface area contributed by atoms with Crippen LogP contribution in [0, 0.1) is 0 Å². The minimum atomic E-state index is 0.677. The quantitative estimate of drug-likeness (QED) is 0.748. The van der Waals surface area contributed by atoms with Gasteiger partial charge < -0.3 is 5.73 Å². The molecular formula is C12H17N. The van der Waals surface area contributed by atoms with Crippen LogP contribution in [0.4, 0.5) is 0 Å². The molecular weight excluding hydrogens is 158 g/mol. The molecule has 0 saturated carbocycles. The van der Waals surface area contributed by atoms with Crippen molar-refractivity contribution in [1.29, 1.82) is 0 Å². The predicted molar refractivity (Wildman–Crippen MR) is 58.5 cm³/mol. The van der Waals surface area contributed by atoms with Crippen molar-refractivity contribution in [3.8, 4) is 0 Å². The first-order valence-electron chi connectivity index (χ1n) is 4.75. The van der Waals surface area contributed by atoms with Gasteiger partial charge in [-0.25, -0.2) is 0 Å². The SMILES string of the molecule is C=C(CCN)c1ccccc1CC. The summed E-state index contributed by atoms with van der Waals surface area (Å²) in [7, 11) is 0. The highest BCUT2D eigenvalue weighted by Crippen LogP contribution is 2.20. The Hall–Kier alpha value is -1.08. The van der Waals surface area contributed by atoms with Crippen molar-refractivity contribution in [2.24, 2.45) is 5.73 Å². The van der Waals surface area contributed by atoms with Crippen LogP contribution in [0.15, 0.2) is 30.8 Å². The van der Waals surface area contributed by atoms with E-state index in [-0.39, 0.29) is 0 Å². The standard InChI is InChI=1S/C12H17N/c1-3-11-6-4-5-7-12(11)10(2)8-9-13/h4-7H,2-3,8-9,13H2,1H3. The third-order valence-electron chi connectivity index (χ3n) is 2.23. The summed E-state index contributed by atoms with van der Waals surface area (Å²) in [4.78, 5) is 0. The van der Waals surface area contributed by atoms with Crippen molar-refractivity contribution in [1.82, 2.24) is 0 Å². The van der Waals surface area contributed by atoms with Crippen LogP contribution in [0.25, 0.3) is 5.57 Å². The third-order valence-corrected chi connectivity index (χ3v) is 2.23. The van der Waals surface area contributed by atoms with Gasteiger partial charge in [0.25, 0.3) is 0 Å². The summed E-state index contributed by atoms with van der Waals surface area (Å²) in [5.74, 6) is 0. The van der Waals surface area contributed by atoms with Crippen LogP contribution < -0.4 is 5.73 Å². The highest BCUT2D eigenvalue weighted by Gasteiger charge is 2.02. The summed E-state index contributed by atoms with van der Waals surface area (Å²) in [5, 5.41) is 0. The Morgan fingerprint density at radius 2 is 2.08 bits per heavy atom. The molecule has 0 heterocycles. The molecule has 0 fully saturated rings. The van der Waals surface area contributed by atoms with E-state index in [1.54, 1.807) is 0 Å². The van der Waals surface area contributed by atoms with Crippen molar-refractivity contribution in [3.63, 3.8) is 0 Å². The first-order chi connectivity index (χ1) is 6.29. The second-order valence-corrected chi connectivity index (χ2v) is 3.15. The number of aryl methyl sites for hydroxylation is 1. The number of nitrogens with two attached hydrogens (primary N) is 1. The van der Waals surface area contributed by atoms with Crippen molar-refractivity contribution in [2.75, 3.05) is 6.54 Å². The molecule has 0 aromatic heterocycles. The number of hydrogen-bond acceptors (Lipinski definition) is 1. The largest absolute Gasteiger partial charge is 0.330 e. The van der Waals surface area contributed by atoms with Gasteiger partial charge in [-0.05, 0) is 36.1 Å². The molecule has 0 aliphatic carbocycles. The van der Waals surface area contributed by atoms with Crippen molar-refractivity contribution >= 4 is 5.57 Å². The molecule has 0 amide bonds. The molecule has 1 heteroatoms. The molecule has 0 aliphatic heterocycles. The van der Waals surface area contributed by atoms with Crippen LogP contribution in [0.2, 0.25) is 0 Å². The fraction of sp³-hybridized carbons (Fsp3) is 0.333. The minimum absolute atomic E-state index is 0.677. The number of benzene rings is 1. The van der Waals surface area contributed by atoms with E-state index in [2.05, 4.69) is 37.8 Å². The van der Waals surface area contributed by atoms with Gasteiger partial charge in [0, 0.05) is 0 Å². The second-order valence-electron chi connectivity index (χ2n) is 3.15. The average Bonchev–Trinajstić information content (AvgIpc) is 2.18. The Bertz CT molecular complexity index is 289. The monoisotopic (exact) mass is 175 g/mol. The van der Waals surface area contributed by atoms with E-state index in [1.165, 1.54) is 11.1 Å². The first-order valence-corrected chi connectivity index (χ1v) is 4.75. The van der Waals surface area contributed by atoms with Crippen LogP contribution in [-0.2, 0) is 6.42 Å². The van der Waals surface area contributed by atoms with E-state index in [1.807, 2.05) is 0 Å². The minimum Gasteiger partial charge on any atom is -0.330 e. The lowest BCUT2D eigenvalue weighted by atomic mass is 9.97. The summed E-state index contributed by atoms with van der Waals surface area (Å²) in [5.41, 5.74) is 9.29. The Labute approximate surface area is 80.3 Å². The van der Waals surface area contributed by atoms with E-state index in [4.69, 9.17) is 5.73 Å². The molecule has 0 unspecified atom stereocenters. The Kier molecular flexibility index (Phi) is 3.71. The molecule has 1 aromatic rings. The van der Waals surface area contributed by atoms with Crippen molar-refractivity contribution < 1.29 is 0 Å². The topological polar surface area (TPSA) is 26.0 Å². The number of rotatable bonds is 4. The molecule has 0 spiro atoms. The van der Waals surface area contributed by atoms with Gasteiger partial charge in [-0.1, -0.05) is 37.8 Å². The molecule has 70 valence electrons. The fourth-order valence-electron chi connectivity index (χ4n) is 1.48. The van der Waals surface area contributed by atoms with Gasteiger partial charge in [-0.2, -0.15) is 0 Å². The summed E-state index contributed by atoms with van der Waals surface area (Å²) in [6.07, 6.45) is 1.94. The maximum Gasteiger partial charge on any atom is -0.00367 e. The summed E-state index contributed by atoms with van der Waals surface area (Å²) < 4.78 is 0. The molecule has 0 aliphatic rings. The van der Waals surface area contributed by atoms with Gasteiger partial charge in [0.15, 0.2) is 0 Å². The van der Waals surface area contributed by atoms with Gasteiger partial charge in [0.1, 0.15) is 0 Å². The fourth-order valence-corrected chi connectivity index (χ4v) is 1.48. The van der Waals surface area contributed by atoms with Gasteiger partial charge in [-0.15, -0.1) is 0 Å². The third kappa shape index (κ3) is 2.43. The zero-order valence-electron chi connectivity index (χ0n) is 8.22. The predicted octanol–water partition coefficient (Wildman–Crippen LogP) is 2.61. The lowest BCUT2D eigenvalue weighted by Gasteiger charge is -2.09. The zero-order valence-corrected chi connectivity index (χ0v) is 8.22. The highest BCUT2D eigenvalue weighted by atomic mass is 14.5. The van der Waals surface area contributed by atoms with Gasteiger partial charge >= 0.3 is 0 Å². The summed E-state index contributed by atoms with van der Waals surface area (Å²) in [6.45, 7) is 6.88. The van der Waals surface area contributed by atoms with E-state index in [0.717, 1.165) is 18.4 Å². The van der Waals surface area contributed by atoms with E-state index in [9.17, 15) is 0 Å². The molecule has 1 rings (SSSR count). The Morgan fingerprint density at radius 1 is 1.38 bits per heavy atom. The molecule has 0 bridgehead atoms. The smallest absolute Gasteiger partial charge is 0.00367 e. The Balaban J connectivity index is 2.92. The van der Waals surface area contributed by atoms with E-state index >= 15 is 0 Å². The van der Waals surface area contributed by atoms with E-state index < -0.39 is 0 Å². The molecule has 0 radical (unpaired) electrons. The van der Waals surface area contributed by atoms with Crippen LogP contribution in [-0.4, -0.2) is 6.54 Å². The Morgan fingerprint density at radius 3 is 2.69 bits per heavy atom. The maximum absolute atomic E-state index is 5.50. The summed E-state index contributed by atoms with van der Waals surface area (Å²) >= 11 is 0. The van der Waals surface area contributed by atoms with Crippen molar-refractivity contribution in [3.05, 3.63) is 42.0 Å². The molecule has 13 heavy (non-hydrogen) atoms. The lowest BCUT2D eigenvalue weighted by molar-refractivity contribution is 1.02. The molecule has 0 atom stereocenters. The second kappa shape index (κ2) is 4.83. The molecule has 0 saturated heterocycles. The van der Waals surface area contributed by atoms with Gasteiger partial charge in [0.2, 0.25) is 0 Å². The van der Waals surface area contributed by atoms with Gasteiger partial charge in [-0.3, -0.25) is 0 Å². The summed E-state index contributed by atoms with van der Waals surface area (Å²) in [6, 6.07) is 8.39. The van der Waals surface area contributed by atoms with Crippen LogP contribution in [0.1, 0.15) is 24.5 Å². The normalized spacial score (nSPS) is 10.0. The van der Waals surface area contributed by atoms with E-state index in [0.29, 0.717) is 6.54 Å². The average molecular weight is 175 g/mol. The van der Waals surface area contributed by atoms with Crippen molar-refractivity contribution in [2.45, 2.75) is 19.8 Å². The van der Waals surface area contributed by atoms with Gasteiger partial charge in [0.05, 0.1) is 0 Å². The maximum atomic E-state index is 5.50. The van der Waals surface area contributed by atoms with Crippen LogP contribution in [0.5, 0.6) is 0 Å². The molecule has 1 aromatic carbocycles. The first kappa shape index (κ1) is 10.0. The zero-order chi connectivity index (χ0) is 9.68. The van der Waals surface area contributed by atoms with Crippen LogP contribution >= 0.6 is 0 Å². The highest BCUT2D eigenvalue weighted by molar-refractivity contribution is 5.66. The molecule has 1 nitrogen and oxygen atoms in total. The number of hydrogen-bond donors (Lipinski definition) is 1. The molecule has 2 N–H and O–H groups in total. The lowest BCUT2D eigenvalue weighted by Crippen LogP contribution is -2.00.